The lowest BCUT2D eigenvalue weighted by atomic mass is 10.2. The molecule has 0 aliphatic heterocycles. The molecule has 1 heterocycles. The van der Waals surface area contributed by atoms with Gasteiger partial charge < -0.3 is 14.6 Å². The molecule has 1 N–H and O–H groups in total. The van der Waals surface area contributed by atoms with Crippen LogP contribution >= 0.6 is 0 Å². The van der Waals surface area contributed by atoms with Gasteiger partial charge in [0.05, 0.1) is 24.4 Å². The number of nitrogens with zero attached hydrogens (tertiary/aromatic N) is 1. The fraction of sp³-hybridized carbons (Fsp3) is 0.455. The molecule has 0 saturated carbocycles. The van der Waals surface area contributed by atoms with Gasteiger partial charge in [-0.25, -0.2) is 4.98 Å². The van der Waals surface area contributed by atoms with Gasteiger partial charge in [0.1, 0.15) is 5.75 Å². The molecule has 0 spiro atoms. The van der Waals surface area contributed by atoms with E-state index < -0.39 is 23.8 Å². The Labute approximate surface area is 107 Å². The number of carbonyl (C=O) groups excluding carboxylic acids is 1. The zero-order valence-electron chi connectivity index (χ0n) is 10.2. The van der Waals surface area contributed by atoms with Gasteiger partial charge in [-0.05, 0) is 13.8 Å². The molecule has 5 nitrogen and oxygen atoms in total. The molecule has 0 aromatic carbocycles. The van der Waals surface area contributed by atoms with E-state index in [-0.39, 0.29) is 24.4 Å². The minimum atomic E-state index is -4.87. The molecule has 1 aromatic rings. The summed E-state index contributed by atoms with van der Waals surface area (Å²) in [6.07, 6.45) is -5.20. The molecular formula is C11H12F3NO4. The zero-order chi connectivity index (χ0) is 14.6. The Kier molecular flexibility index (Phi) is 4.57. The molecule has 8 heteroatoms. The summed E-state index contributed by atoms with van der Waals surface area (Å²) in [5.41, 5.74) is -0.153. The van der Waals surface area contributed by atoms with E-state index in [1.165, 1.54) is 6.92 Å². The second-order valence-corrected chi connectivity index (χ2v) is 3.57. The van der Waals surface area contributed by atoms with Gasteiger partial charge >= 0.3 is 12.3 Å². The van der Waals surface area contributed by atoms with Crippen molar-refractivity contribution in [3.63, 3.8) is 0 Å². The van der Waals surface area contributed by atoms with Gasteiger partial charge in [0, 0.05) is 6.07 Å². The number of aromatic hydroxyl groups is 1. The largest absolute Gasteiger partial charge is 0.573 e. The van der Waals surface area contributed by atoms with Crippen molar-refractivity contribution in [2.75, 3.05) is 6.61 Å². The number of pyridine rings is 1. The number of alkyl halides is 3. The Morgan fingerprint density at radius 1 is 1.47 bits per heavy atom. The van der Waals surface area contributed by atoms with Gasteiger partial charge in [-0.2, -0.15) is 0 Å². The fourth-order valence-corrected chi connectivity index (χ4v) is 1.33. The number of rotatable bonds is 4. The molecule has 0 saturated heterocycles. The van der Waals surface area contributed by atoms with Crippen LogP contribution in [0.3, 0.4) is 0 Å². The van der Waals surface area contributed by atoms with Gasteiger partial charge in [0.2, 0.25) is 0 Å². The maximum atomic E-state index is 12.1. The molecular weight excluding hydrogens is 267 g/mol. The van der Waals surface area contributed by atoms with Gasteiger partial charge in [-0.3, -0.25) is 4.79 Å². The monoisotopic (exact) mass is 279 g/mol. The van der Waals surface area contributed by atoms with Crippen LogP contribution in [0.4, 0.5) is 13.2 Å². The maximum Gasteiger partial charge on any atom is 0.573 e. The van der Waals surface area contributed by atoms with Crippen molar-refractivity contribution in [1.82, 2.24) is 4.98 Å². The fourth-order valence-electron chi connectivity index (χ4n) is 1.33. The Bertz CT molecular complexity index is 474. The van der Waals surface area contributed by atoms with Crippen molar-refractivity contribution in [3.05, 3.63) is 17.5 Å². The summed E-state index contributed by atoms with van der Waals surface area (Å²) in [6.45, 7) is 3.04. The van der Waals surface area contributed by atoms with Crippen LogP contribution < -0.4 is 4.74 Å². The van der Waals surface area contributed by atoms with Gasteiger partial charge in [0.25, 0.3) is 0 Å². The molecule has 0 unspecified atom stereocenters. The predicted molar refractivity (Wildman–Crippen MR) is 57.7 cm³/mol. The molecule has 1 aromatic heterocycles. The lowest BCUT2D eigenvalue weighted by molar-refractivity contribution is -0.275. The van der Waals surface area contributed by atoms with E-state index in [1.54, 1.807) is 6.92 Å². The molecule has 0 amide bonds. The maximum absolute atomic E-state index is 12.1. The second-order valence-electron chi connectivity index (χ2n) is 3.57. The minimum absolute atomic E-state index is 0.0644. The lowest BCUT2D eigenvalue weighted by Crippen LogP contribution is -2.18. The minimum Gasteiger partial charge on any atom is -0.506 e. The van der Waals surface area contributed by atoms with Crippen LogP contribution in [0, 0.1) is 6.92 Å². The summed E-state index contributed by atoms with van der Waals surface area (Å²) in [5, 5.41) is 9.51. The number of carbonyl (C=O) groups is 1. The van der Waals surface area contributed by atoms with E-state index in [9.17, 15) is 23.1 Å². The first kappa shape index (κ1) is 15.1. The van der Waals surface area contributed by atoms with Crippen LogP contribution in [0.2, 0.25) is 0 Å². The summed E-state index contributed by atoms with van der Waals surface area (Å²) in [5.74, 6) is -1.80. The van der Waals surface area contributed by atoms with Crippen molar-refractivity contribution in [3.8, 4) is 11.5 Å². The van der Waals surface area contributed by atoms with E-state index >= 15 is 0 Å². The van der Waals surface area contributed by atoms with E-state index in [2.05, 4.69) is 14.5 Å². The molecule has 0 atom stereocenters. The van der Waals surface area contributed by atoms with E-state index in [0.29, 0.717) is 0 Å². The summed E-state index contributed by atoms with van der Waals surface area (Å²) in [7, 11) is 0. The number of aromatic nitrogens is 1. The van der Waals surface area contributed by atoms with Crippen LogP contribution in [0.25, 0.3) is 0 Å². The lowest BCUT2D eigenvalue weighted by Gasteiger charge is -2.12. The molecule has 0 aliphatic rings. The normalized spacial score (nSPS) is 11.2. The summed E-state index contributed by atoms with van der Waals surface area (Å²) in [6, 6.07) is 0.768. The first-order chi connectivity index (χ1) is 8.73. The van der Waals surface area contributed by atoms with E-state index in [1.807, 2.05) is 0 Å². The standard InChI is InChI=1S/C11H12F3NO4/c1-3-18-10(17)4-7-8(16)5-9(6(2)15-7)19-11(12,13)14/h5,16H,3-4H2,1-2H3. The number of esters is 1. The highest BCUT2D eigenvalue weighted by molar-refractivity contribution is 5.73. The number of hydrogen-bond donors (Lipinski definition) is 1. The molecule has 106 valence electrons. The molecule has 0 aliphatic carbocycles. The summed E-state index contributed by atoms with van der Waals surface area (Å²) in [4.78, 5) is 14.9. The Hall–Kier alpha value is -1.99. The van der Waals surface area contributed by atoms with Gasteiger partial charge in [0.15, 0.2) is 5.75 Å². The smallest absolute Gasteiger partial charge is 0.506 e. The first-order valence-electron chi connectivity index (χ1n) is 5.33. The SMILES string of the molecule is CCOC(=O)Cc1nc(C)c(OC(F)(F)F)cc1O. The van der Waals surface area contributed by atoms with E-state index in [4.69, 9.17) is 0 Å². The molecule has 1 rings (SSSR count). The van der Waals surface area contributed by atoms with Crippen molar-refractivity contribution < 1.29 is 32.5 Å². The average molecular weight is 279 g/mol. The van der Waals surface area contributed by atoms with Crippen LogP contribution in [0.5, 0.6) is 11.5 Å². The average Bonchev–Trinajstić information content (AvgIpc) is 2.23. The highest BCUT2D eigenvalue weighted by Gasteiger charge is 2.32. The molecule has 19 heavy (non-hydrogen) atoms. The van der Waals surface area contributed by atoms with E-state index in [0.717, 1.165) is 6.07 Å². The third-order valence-electron chi connectivity index (χ3n) is 2.07. The third kappa shape index (κ3) is 4.65. The number of hydrogen-bond acceptors (Lipinski definition) is 5. The number of aryl methyl sites for hydroxylation is 1. The quantitative estimate of drug-likeness (QED) is 0.855. The van der Waals surface area contributed by atoms with Crippen LogP contribution in [-0.2, 0) is 16.0 Å². The summed E-state index contributed by atoms with van der Waals surface area (Å²) >= 11 is 0. The highest BCUT2D eigenvalue weighted by atomic mass is 19.4. The Morgan fingerprint density at radius 3 is 2.63 bits per heavy atom. The van der Waals surface area contributed by atoms with Crippen LogP contribution in [0.15, 0.2) is 6.07 Å². The predicted octanol–water partition coefficient (Wildman–Crippen LogP) is 2.10. The first-order valence-corrected chi connectivity index (χ1v) is 5.33. The number of halogens is 3. The van der Waals surface area contributed by atoms with Crippen molar-refractivity contribution in [1.29, 1.82) is 0 Å². The van der Waals surface area contributed by atoms with Crippen molar-refractivity contribution in [2.24, 2.45) is 0 Å². The van der Waals surface area contributed by atoms with Crippen molar-refractivity contribution in [2.45, 2.75) is 26.6 Å². The topological polar surface area (TPSA) is 68.7 Å². The third-order valence-corrected chi connectivity index (χ3v) is 2.07. The van der Waals surface area contributed by atoms with Gasteiger partial charge in [-0.1, -0.05) is 0 Å². The highest BCUT2D eigenvalue weighted by Crippen LogP contribution is 2.30. The second kappa shape index (κ2) is 5.77. The molecule has 0 fully saturated rings. The Balaban J connectivity index is 2.94. The summed E-state index contributed by atoms with van der Waals surface area (Å²) < 4.78 is 44.5. The zero-order valence-corrected chi connectivity index (χ0v) is 10.2. The van der Waals surface area contributed by atoms with Gasteiger partial charge in [-0.15, -0.1) is 13.2 Å². The Morgan fingerprint density at radius 2 is 2.11 bits per heavy atom. The van der Waals surface area contributed by atoms with Crippen LogP contribution in [0.1, 0.15) is 18.3 Å². The van der Waals surface area contributed by atoms with Crippen LogP contribution in [-0.4, -0.2) is 29.0 Å². The number of ether oxygens (including phenoxy) is 2. The molecule has 0 bridgehead atoms. The molecule has 0 radical (unpaired) electrons. The van der Waals surface area contributed by atoms with Crippen molar-refractivity contribution >= 4 is 5.97 Å².